The predicted molar refractivity (Wildman–Crippen MR) is 141 cm³/mol. The third-order valence-corrected chi connectivity index (χ3v) is 7.82. The molecule has 1 fully saturated rings. The summed E-state index contributed by atoms with van der Waals surface area (Å²) in [7, 11) is 1.64. The topological polar surface area (TPSA) is 87.6 Å². The minimum absolute atomic E-state index is 0.273. The molecule has 0 spiro atoms. The van der Waals surface area contributed by atoms with Crippen LogP contribution >= 0.6 is 11.6 Å². The second-order valence-electron chi connectivity index (χ2n) is 9.66. The normalized spacial score (nSPS) is 15.6. The molecule has 0 unspecified atom stereocenters. The fourth-order valence-corrected chi connectivity index (χ4v) is 5.53. The zero-order valence-electron chi connectivity index (χ0n) is 20.9. The second kappa shape index (κ2) is 12.5. The van der Waals surface area contributed by atoms with Crippen LogP contribution in [-0.4, -0.2) is 52.7 Å². The average Bonchev–Trinajstić information content (AvgIpc) is 2.93. The molecule has 1 aromatic carbocycles. The van der Waals surface area contributed by atoms with Gasteiger partial charge < -0.3 is 9.64 Å². The van der Waals surface area contributed by atoms with Crippen LogP contribution in [0.25, 0.3) is 10.9 Å². The number of rotatable bonds is 11. The molecule has 2 N–H and O–H groups in total. The van der Waals surface area contributed by atoms with E-state index in [1.54, 1.807) is 13.3 Å². The van der Waals surface area contributed by atoms with Gasteiger partial charge in [0, 0.05) is 23.5 Å². The number of carbonyl (C=O) groups excluding carboxylic acids is 1. The molecule has 3 aromatic rings. The van der Waals surface area contributed by atoms with Gasteiger partial charge in [-0.3, -0.25) is 20.0 Å². The number of ether oxygens (including phenoxy) is 1. The summed E-state index contributed by atoms with van der Waals surface area (Å²) in [6.45, 7) is 2.73. The fourth-order valence-electron chi connectivity index (χ4n) is 5.29. The van der Waals surface area contributed by atoms with Crippen molar-refractivity contribution in [2.24, 2.45) is 5.41 Å². The first-order valence-corrected chi connectivity index (χ1v) is 13.1. The molecule has 1 saturated heterocycles. The highest BCUT2D eigenvalue weighted by atomic mass is 35.5. The number of aromatic nitrogens is 2. The number of nitrogens with zero attached hydrogens (tertiary/aromatic N) is 3. The highest BCUT2D eigenvalue weighted by Crippen LogP contribution is 2.38. The van der Waals surface area contributed by atoms with Crippen LogP contribution in [-0.2, 0) is 17.6 Å². The Bertz CT molecular complexity index is 1150. The van der Waals surface area contributed by atoms with E-state index in [9.17, 15) is 10.0 Å². The van der Waals surface area contributed by atoms with E-state index in [2.05, 4.69) is 20.9 Å². The smallest absolute Gasteiger partial charge is 0.249 e. The van der Waals surface area contributed by atoms with E-state index in [1.807, 2.05) is 42.0 Å². The number of fused-ring (bicyclic) bond motifs is 1. The number of carbonyl (C=O) groups is 1. The van der Waals surface area contributed by atoms with Crippen molar-refractivity contribution in [2.75, 3.05) is 26.7 Å². The van der Waals surface area contributed by atoms with E-state index in [-0.39, 0.29) is 5.91 Å². The van der Waals surface area contributed by atoms with Crippen LogP contribution in [0.5, 0.6) is 5.75 Å². The summed E-state index contributed by atoms with van der Waals surface area (Å²) in [5.74, 6) is 0.487. The van der Waals surface area contributed by atoms with Crippen LogP contribution < -0.4 is 10.2 Å². The number of likely N-dealkylation sites (tertiary alicyclic amines) is 1. The number of piperidine rings is 1. The van der Waals surface area contributed by atoms with Crippen LogP contribution in [0.2, 0.25) is 5.02 Å². The number of hydroxylamine groups is 1. The zero-order chi connectivity index (χ0) is 25.4. The molecule has 0 aliphatic carbocycles. The SMILES string of the molecule is COc1ccc2ncc(Cl)c(CCCC3(C(=O)NO)CCN(CCCCc4ccccn4)CC3)c2c1. The number of unbranched alkanes of at least 4 members (excludes halogenated alkanes) is 1. The number of benzene rings is 1. The Kier molecular flexibility index (Phi) is 9.13. The van der Waals surface area contributed by atoms with Gasteiger partial charge in [0.1, 0.15) is 5.75 Å². The minimum atomic E-state index is -0.563. The first-order valence-electron chi connectivity index (χ1n) is 12.7. The third kappa shape index (κ3) is 6.33. The van der Waals surface area contributed by atoms with E-state index in [4.69, 9.17) is 16.3 Å². The lowest BCUT2D eigenvalue weighted by atomic mass is 9.73. The van der Waals surface area contributed by atoms with Gasteiger partial charge in [0.05, 0.1) is 23.1 Å². The Morgan fingerprint density at radius 2 is 1.97 bits per heavy atom. The molecular formula is C28H35ClN4O3. The van der Waals surface area contributed by atoms with Gasteiger partial charge in [0.25, 0.3) is 0 Å². The van der Waals surface area contributed by atoms with E-state index in [0.717, 1.165) is 92.5 Å². The molecule has 1 amide bonds. The Balaban J connectivity index is 1.32. The fraction of sp³-hybridized carbons (Fsp3) is 0.464. The Morgan fingerprint density at radius 3 is 2.69 bits per heavy atom. The largest absolute Gasteiger partial charge is 0.497 e. The number of hydrogen-bond acceptors (Lipinski definition) is 6. The zero-order valence-corrected chi connectivity index (χ0v) is 21.6. The summed E-state index contributed by atoms with van der Waals surface area (Å²) in [6, 6.07) is 11.8. The van der Waals surface area contributed by atoms with E-state index in [1.165, 1.54) is 0 Å². The summed E-state index contributed by atoms with van der Waals surface area (Å²) in [4.78, 5) is 24.0. The van der Waals surface area contributed by atoms with Crippen LogP contribution in [0, 0.1) is 5.41 Å². The van der Waals surface area contributed by atoms with Crippen molar-refractivity contribution in [3.05, 3.63) is 65.1 Å². The molecule has 36 heavy (non-hydrogen) atoms. The van der Waals surface area contributed by atoms with Gasteiger partial charge in [-0.2, -0.15) is 0 Å². The molecule has 4 rings (SSSR count). The molecule has 8 heteroatoms. The molecule has 0 radical (unpaired) electrons. The average molecular weight is 511 g/mol. The molecule has 0 bridgehead atoms. The number of halogens is 1. The second-order valence-corrected chi connectivity index (χ2v) is 10.1. The van der Waals surface area contributed by atoms with Crippen molar-refractivity contribution in [1.29, 1.82) is 0 Å². The quantitative estimate of drug-likeness (QED) is 0.209. The van der Waals surface area contributed by atoms with Gasteiger partial charge in [0.2, 0.25) is 5.91 Å². The van der Waals surface area contributed by atoms with Crippen molar-refractivity contribution in [1.82, 2.24) is 20.3 Å². The number of amides is 1. The number of aryl methyl sites for hydroxylation is 2. The molecule has 7 nitrogen and oxygen atoms in total. The molecular weight excluding hydrogens is 476 g/mol. The first kappa shape index (κ1) is 26.3. The number of pyridine rings is 2. The standard InChI is InChI=1S/C28H35ClN4O3/c1-36-22-10-11-26-24(19-22)23(25(29)20-31-26)9-6-12-28(27(34)32-35)13-17-33(18-14-28)16-5-3-8-21-7-2-4-15-30-21/h2,4,7,10-11,15,19-20,35H,3,5-6,8-9,12-14,16-18H2,1H3,(H,32,34). The lowest BCUT2D eigenvalue weighted by Gasteiger charge is -2.40. The van der Waals surface area contributed by atoms with Crippen LogP contribution in [0.15, 0.2) is 48.8 Å². The Labute approximate surface area is 217 Å². The van der Waals surface area contributed by atoms with Crippen molar-refractivity contribution < 1.29 is 14.7 Å². The molecule has 1 aliphatic rings. The summed E-state index contributed by atoms with van der Waals surface area (Å²) >= 11 is 6.53. The maximum Gasteiger partial charge on any atom is 0.249 e. The molecule has 0 saturated carbocycles. The number of methoxy groups -OCH3 is 1. The highest BCUT2D eigenvalue weighted by Gasteiger charge is 2.40. The van der Waals surface area contributed by atoms with Crippen LogP contribution in [0.3, 0.4) is 0 Å². The number of hydrogen-bond donors (Lipinski definition) is 2. The number of nitrogens with one attached hydrogen (secondary N) is 1. The van der Waals surface area contributed by atoms with Gasteiger partial charge in [-0.25, -0.2) is 5.48 Å². The van der Waals surface area contributed by atoms with Gasteiger partial charge >= 0.3 is 0 Å². The lowest BCUT2D eigenvalue weighted by molar-refractivity contribution is -0.143. The molecule has 1 aliphatic heterocycles. The van der Waals surface area contributed by atoms with Gasteiger partial charge in [-0.15, -0.1) is 0 Å². The molecule has 3 heterocycles. The van der Waals surface area contributed by atoms with Crippen LogP contribution in [0.1, 0.15) is 49.8 Å². The van der Waals surface area contributed by atoms with E-state index >= 15 is 0 Å². The minimum Gasteiger partial charge on any atom is -0.497 e. The summed E-state index contributed by atoms with van der Waals surface area (Å²) < 4.78 is 5.39. The third-order valence-electron chi connectivity index (χ3n) is 7.50. The Morgan fingerprint density at radius 1 is 1.14 bits per heavy atom. The van der Waals surface area contributed by atoms with Crippen molar-refractivity contribution in [3.8, 4) is 5.75 Å². The maximum absolute atomic E-state index is 12.8. The summed E-state index contributed by atoms with van der Waals surface area (Å²) in [5.41, 5.74) is 4.41. The molecule has 2 aromatic heterocycles. The lowest BCUT2D eigenvalue weighted by Crippen LogP contribution is -2.48. The maximum atomic E-state index is 12.8. The van der Waals surface area contributed by atoms with Gasteiger partial charge in [-0.05, 0) is 107 Å². The predicted octanol–water partition coefficient (Wildman–Crippen LogP) is 5.23. The van der Waals surface area contributed by atoms with Gasteiger partial charge in [-0.1, -0.05) is 17.7 Å². The summed E-state index contributed by atoms with van der Waals surface area (Å²) in [6.07, 6.45) is 10.4. The molecule has 0 atom stereocenters. The monoisotopic (exact) mass is 510 g/mol. The molecule has 192 valence electrons. The van der Waals surface area contributed by atoms with E-state index in [0.29, 0.717) is 11.4 Å². The highest BCUT2D eigenvalue weighted by molar-refractivity contribution is 6.32. The van der Waals surface area contributed by atoms with E-state index < -0.39 is 5.41 Å². The van der Waals surface area contributed by atoms with Gasteiger partial charge in [0.15, 0.2) is 0 Å². The van der Waals surface area contributed by atoms with Crippen molar-refractivity contribution >= 4 is 28.4 Å². The summed E-state index contributed by atoms with van der Waals surface area (Å²) in [5, 5.41) is 11.1. The first-order chi connectivity index (χ1) is 17.5. The van der Waals surface area contributed by atoms with Crippen molar-refractivity contribution in [2.45, 2.75) is 51.4 Å². The van der Waals surface area contributed by atoms with Crippen LogP contribution in [0.4, 0.5) is 0 Å². The van der Waals surface area contributed by atoms with Crippen molar-refractivity contribution in [3.63, 3.8) is 0 Å². The Hall–Kier alpha value is -2.74.